The van der Waals surface area contributed by atoms with Gasteiger partial charge in [-0.2, -0.15) is 0 Å². The Labute approximate surface area is 211 Å². The Morgan fingerprint density at radius 3 is 2.33 bits per heavy atom. The molecule has 13 nitrogen and oxygen atoms in total. The third-order valence-electron chi connectivity index (χ3n) is 5.06. The monoisotopic (exact) mass is 530 g/mol. The van der Waals surface area contributed by atoms with Gasteiger partial charge in [0.15, 0.2) is 17.0 Å². The molecule has 2 atom stereocenters. The van der Waals surface area contributed by atoms with Crippen LogP contribution in [0.1, 0.15) is 46.5 Å². The van der Waals surface area contributed by atoms with Crippen LogP contribution in [0.25, 0.3) is 0 Å². The van der Waals surface area contributed by atoms with Gasteiger partial charge in [0.2, 0.25) is 5.91 Å². The number of aliphatic carboxylic acids is 1. The van der Waals surface area contributed by atoms with Gasteiger partial charge in [0, 0.05) is 37.1 Å². The first-order chi connectivity index (χ1) is 16.7. The van der Waals surface area contributed by atoms with Gasteiger partial charge in [-0.25, -0.2) is 9.59 Å². The molecule has 3 N–H and O–H groups in total. The lowest BCUT2D eigenvalue weighted by Gasteiger charge is -2.28. The summed E-state index contributed by atoms with van der Waals surface area (Å²) in [4.78, 5) is 93.4. The van der Waals surface area contributed by atoms with Crippen LogP contribution in [0.3, 0.4) is 0 Å². The molecule has 0 aromatic rings. The lowest BCUT2D eigenvalue weighted by atomic mass is 9.87. The van der Waals surface area contributed by atoms with Crippen LogP contribution in [-0.2, 0) is 47.8 Å². The van der Waals surface area contributed by atoms with Crippen LogP contribution >= 0.6 is 11.8 Å². The van der Waals surface area contributed by atoms with Crippen LogP contribution in [0, 0.1) is 11.3 Å². The van der Waals surface area contributed by atoms with Crippen molar-refractivity contribution in [1.82, 2.24) is 10.6 Å². The topological polar surface area (TPSA) is 199 Å². The quantitative estimate of drug-likeness (QED) is 0.112. The molecule has 0 spiro atoms. The zero-order valence-electron chi connectivity index (χ0n) is 20.2. The van der Waals surface area contributed by atoms with E-state index in [4.69, 9.17) is 14.6 Å². The van der Waals surface area contributed by atoms with Crippen LogP contribution in [0.2, 0.25) is 0 Å². The molecule has 0 bridgehead atoms. The molecular weight excluding hydrogens is 500 g/mol. The first-order valence-electron chi connectivity index (χ1n) is 11.1. The van der Waals surface area contributed by atoms with E-state index in [0.717, 1.165) is 11.8 Å². The number of ketones is 2. The first-order valence-corrected chi connectivity index (χ1v) is 12.1. The molecule has 0 aliphatic carbocycles. The molecule has 36 heavy (non-hydrogen) atoms. The molecule has 0 saturated carbocycles. The van der Waals surface area contributed by atoms with Gasteiger partial charge < -0.3 is 25.2 Å². The fourth-order valence-corrected chi connectivity index (χ4v) is 3.66. The Kier molecular flexibility index (Phi) is 12.2. The zero-order chi connectivity index (χ0) is 27.5. The molecule has 1 fully saturated rings. The average Bonchev–Trinajstić information content (AvgIpc) is 2.90. The third kappa shape index (κ3) is 10.5. The molecule has 0 aromatic carbocycles. The number of Topliss-reactive ketones (excluding diaryl/α,β-unsaturated/α-hetero) is 2. The Morgan fingerprint density at radius 1 is 1.03 bits per heavy atom. The number of carboxylic acids is 1. The largest absolute Gasteiger partial charge is 0.481 e. The minimum Gasteiger partial charge on any atom is -0.481 e. The molecule has 1 unspecified atom stereocenters. The number of hydrogen-bond acceptors (Lipinski definition) is 11. The predicted molar refractivity (Wildman–Crippen MR) is 123 cm³/mol. The molecule has 1 aliphatic rings. The number of thioether (sulfide) groups is 1. The highest BCUT2D eigenvalue weighted by Crippen LogP contribution is 2.27. The molecule has 1 aliphatic heterocycles. The Morgan fingerprint density at radius 2 is 1.69 bits per heavy atom. The van der Waals surface area contributed by atoms with Gasteiger partial charge in [0.25, 0.3) is 5.91 Å². The van der Waals surface area contributed by atoms with Gasteiger partial charge in [-0.1, -0.05) is 25.6 Å². The van der Waals surface area contributed by atoms with E-state index in [0.29, 0.717) is 0 Å². The molecule has 0 aromatic heterocycles. The van der Waals surface area contributed by atoms with Crippen molar-refractivity contribution in [3.8, 4) is 0 Å². The smallest absolute Gasteiger partial charge is 0.418 e. The summed E-state index contributed by atoms with van der Waals surface area (Å²) in [5, 5.41) is 13.1. The summed E-state index contributed by atoms with van der Waals surface area (Å²) in [5.74, 6) is -6.73. The number of carboxylic acid groups (broad SMARTS) is 1. The minimum atomic E-state index is -1.28. The predicted octanol–water partition coefficient (Wildman–Crippen LogP) is -0.607. The van der Waals surface area contributed by atoms with E-state index in [1.807, 2.05) is 0 Å². The van der Waals surface area contributed by atoms with Crippen LogP contribution in [0.15, 0.2) is 0 Å². The molecular formula is C22H30N2O11S. The van der Waals surface area contributed by atoms with Crippen LogP contribution in [0.4, 0.5) is 0 Å². The summed E-state index contributed by atoms with van der Waals surface area (Å²) in [6, 6.07) is 0. The fourth-order valence-electron chi connectivity index (χ4n) is 2.87. The van der Waals surface area contributed by atoms with Crippen molar-refractivity contribution >= 4 is 58.2 Å². The first kappa shape index (κ1) is 30.7. The van der Waals surface area contributed by atoms with E-state index in [1.165, 1.54) is 6.92 Å². The number of amides is 2. The second kappa shape index (κ2) is 14.3. The maximum Gasteiger partial charge on any atom is 0.418 e. The third-order valence-corrected chi connectivity index (χ3v) is 6.11. The normalized spacial score (nSPS) is 17.6. The van der Waals surface area contributed by atoms with Gasteiger partial charge in [0.05, 0.1) is 18.8 Å². The van der Waals surface area contributed by atoms with E-state index >= 15 is 0 Å². The van der Waals surface area contributed by atoms with Crippen molar-refractivity contribution in [3.05, 3.63) is 0 Å². The Bertz CT molecular complexity index is 916. The highest BCUT2D eigenvalue weighted by molar-refractivity contribution is 8.13. The highest BCUT2D eigenvalue weighted by atomic mass is 32.2. The van der Waals surface area contributed by atoms with E-state index in [1.54, 1.807) is 13.8 Å². The average molecular weight is 531 g/mol. The number of carbonyl (C=O) groups is 8. The second-order valence-electron chi connectivity index (χ2n) is 8.71. The summed E-state index contributed by atoms with van der Waals surface area (Å²) in [5.41, 5.74) is -0.970. The summed E-state index contributed by atoms with van der Waals surface area (Å²) in [6.07, 6.45) is -2.55. The fraction of sp³-hybridized carbons (Fsp3) is 0.636. The number of hydrogen-bond donors (Lipinski definition) is 3. The standard InChI is InChI=1S/C22H30N2O11S/c1-12(14(26)10-13(25)4-5-16(28)29)21(33)36-9-8-23-15(27)6-7-24-18(30)17-22(2,3)11-34-19(31)20(32)35-17/h12,17H,4-11H2,1-3H3,(H,23,27)(H,24,30)(H,28,29)/t12?,17-/m0/s1. The second-order valence-corrected chi connectivity index (χ2v) is 9.81. The number of nitrogens with one attached hydrogen (secondary N) is 2. The zero-order valence-corrected chi connectivity index (χ0v) is 21.1. The van der Waals surface area contributed by atoms with Crippen molar-refractivity contribution < 1.29 is 52.9 Å². The SMILES string of the molecule is CC(C(=O)CC(=O)CCC(=O)O)C(=O)SCCNC(=O)CCNC(=O)[C@@H]1OC(=O)C(=O)OCC1(C)C. The van der Waals surface area contributed by atoms with Crippen molar-refractivity contribution in [2.75, 3.05) is 25.4 Å². The highest BCUT2D eigenvalue weighted by Gasteiger charge is 2.44. The molecule has 2 amide bonds. The Hall–Kier alpha value is -3.29. The van der Waals surface area contributed by atoms with E-state index < -0.39 is 70.3 Å². The van der Waals surface area contributed by atoms with Crippen molar-refractivity contribution in [3.63, 3.8) is 0 Å². The van der Waals surface area contributed by atoms with E-state index in [9.17, 15) is 38.4 Å². The van der Waals surface area contributed by atoms with Gasteiger partial charge in [-0.15, -0.1) is 0 Å². The van der Waals surface area contributed by atoms with Gasteiger partial charge in [0.1, 0.15) is 12.4 Å². The van der Waals surface area contributed by atoms with E-state index in [2.05, 4.69) is 10.6 Å². The number of esters is 2. The van der Waals surface area contributed by atoms with Crippen molar-refractivity contribution in [2.24, 2.45) is 11.3 Å². The molecule has 0 radical (unpaired) electrons. The number of rotatable bonds is 14. The van der Waals surface area contributed by atoms with Crippen LogP contribution in [0.5, 0.6) is 0 Å². The number of cyclic esters (lactones) is 2. The van der Waals surface area contributed by atoms with Crippen LogP contribution < -0.4 is 10.6 Å². The van der Waals surface area contributed by atoms with Gasteiger partial charge >= 0.3 is 17.9 Å². The van der Waals surface area contributed by atoms with Gasteiger partial charge in [-0.3, -0.25) is 28.8 Å². The number of ether oxygens (including phenoxy) is 2. The van der Waals surface area contributed by atoms with E-state index in [-0.39, 0.29) is 44.7 Å². The molecule has 200 valence electrons. The lowest BCUT2D eigenvalue weighted by molar-refractivity contribution is -0.168. The summed E-state index contributed by atoms with van der Waals surface area (Å²) in [6.45, 7) is 4.36. The maximum atomic E-state index is 12.4. The lowest BCUT2D eigenvalue weighted by Crippen LogP contribution is -2.47. The van der Waals surface area contributed by atoms with Crippen molar-refractivity contribution in [2.45, 2.75) is 52.6 Å². The molecule has 1 heterocycles. The Balaban J connectivity index is 2.30. The molecule has 1 rings (SSSR count). The number of carbonyl (C=O) groups excluding carboxylic acids is 7. The minimum absolute atomic E-state index is 0.0723. The maximum absolute atomic E-state index is 12.4. The summed E-state index contributed by atoms with van der Waals surface area (Å²) >= 11 is 0.812. The van der Waals surface area contributed by atoms with Crippen LogP contribution in [-0.4, -0.2) is 83.1 Å². The summed E-state index contributed by atoms with van der Waals surface area (Å²) < 4.78 is 9.66. The molecule has 14 heteroatoms. The van der Waals surface area contributed by atoms with Gasteiger partial charge in [-0.05, 0) is 6.92 Å². The van der Waals surface area contributed by atoms with Crippen molar-refractivity contribution in [1.29, 1.82) is 0 Å². The summed E-state index contributed by atoms with van der Waals surface area (Å²) in [7, 11) is 0. The molecule has 1 saturated heterocycles.